The minimum absolute atomic E-state index is 0.0765. The Bertz CT molecular complexity index is 499. The van der Waals surface area contributed by atoms with Gasteiger partial charge in [-0.3, -0.25) is 14.5 Å². The van der Waals surface area contributed by atoms with Crippen LogP contribution >= 0.6 is 15.9 Å². The maximum absolute atomic E-state index is 11.6. The van der Waals surface area contributed by atoms with Crippen LogP contribution in [0.5, 0.6) is 0 Å². The topological polar surface area (TPSA) is 72.7 Å². The Morgan fingerprint density at radius 1 is 1.47 bits per heavy atom. The molecule has 2 heterocycles. The number of amides is 1. The molecule has 0 bridgehead atoms. The molecular formula is C10H10BrN5O. The van der Waals surface area contributed by atoms with Crippen LogP contribution in [0, 0.1) is 0 Å². The molecule has 0 aliphatic rings. The summed E-state index contributed by atoms with van der Waals surface area (Å²) in [6.07, 6.45) is 6.62. The lowest BCUT2D eigenvalue weighted by molar-refractivity contribution is -0.116. The number of hydrogen-bond acceptors (Lipinski definition) is 4. The Morgan fingerprint density at radius 2 is 2.35 bits per heavy atom. The molecule has 7 heteroatoms. The highest BCUT2D eigenvalue weighted by Gasteiger charge is 2.05. The number of nitrogens with one attached hydrogen (secondary N) is 1. The van der Waals surface area contributed by atoms with Gasteiger partial charge in [-0.25, -0.2) is 4.98 Å². The first kappa shape index (κ1) is 11.7. The zero-order valence-electron chi connectivity index (χ0n) is 8.88. The van der Waals surface area contributed by atoms with Crippen LogP contribution in [0.2, 0.25) is 0 Å². The second-order valence-corrected chi connectivity index (χ2v) is 4.17. The third kappa shape index (κ3) is 3.35. The van der Waals surface area contributed by atoms with E-state index in [1.807, 2.05) is 0 Å². The van der Waals surface area contributed by atoms with Gasteiger partial charge in [0.15, 0.2) is 0 Å². The van der Waals surface area contributed by atoms with Crippen molar-refractivity contribution < 1.29 is 4.79 Å². The monoisotopic (exact) mass is 295 g/mol. The summed E-state index contributed by atoms with van der Waals surface area (Å²) in [5.41, 5.74) is 0.712. The van der Waals surface area contributed by atoms with Crippen LogP contribution in [-0.4, -0.2) is 25.7 Å². The molecule has 88 valence electrons. The van der Waals surface area contributed by atoms with Gasteiger partial charge in [-0.1, -0.05) is 0 Å². The van der Waals surface area contributed by atoms with E-state index in [1.165, 1.54) is 6.33 Å². The van der Waals surface area contributed by atoms with Crippen LogP contribution in [0.3, 0.4) is 0 Å². The van der Waals surface area contributed by atoms with Crippen molar-refractivity contribution in [1.29, 1.82) is 0 Å². The van der Waals surface area contributed by atoms with Crippen LogP contribution in [0.15, 0.2) is 35.6 Å². The first-order chi connectivity index (χ1) is 8.25. The first-order valence-electron chi connectivity index (χ1n) is 4.97. The highest BCUT2D eigenvalue weighted by Crippen LogP contribution is 2.19. The second-order valence-electron chi connectivity index (χ2n) is 3.31. The molecule has 0 aliphatic carbocycles. The number of aromatic nitrogens is 4. The van der Waals surface area contributed by atoms with E-state index in [4.69, 9.17) is 0 Å². The van der Waals surface area contributed by atoms with E-state index in [0.29, 0.717) is 18.7 Å². The number of carbonyl (C=O) groups excluding carboxylic acids is 1. The molecule has 0 unspecified atom stereocenters. The fourth-order valence-corrected chi connectivity index (χ4v) is 1.60. The molecule has 2 aromatic heterocycles. The van der Waals surface area contributed by atoms with Gasteiger partial charge in [-0.05, 0) is 22.0 Å². The molecule has 1 amide bonds. The summed E-state index contributed by atoms with van der Waals surface area (Å²) in [4.78, 5) is 19.4. The molecule has 0 spiro atoms. The molecule has 0 atom stereocenters. The zero-order chi connectivity index (χ0) is 12.1. The quantitative estimate of drug-likeness (QED) is 0.927. The number of halogens is 1. The molecule has 0 saturated carbocycles. The summed E-state index contributed by atoms with van der Waals surface area (Å²) in [6.45, 7) is 0.508. The zero-order valence-corrected chi connectivity index (χ0v) is 10.5. The number of carbonyl (C=O) groups is 1. The predicted octanol–water partition coefficient (Wildman–Crippen LogP) is 1.46. The summed E-state index contributed by atoms with van der Waals surface area (Å²) in [7, 11) is 0. The van der Waals surface area contributed by atoms with Gasteiger partial charge in [-0.2, -0.15) is 5.10 Å². The highest BCUT2D eigenvalue weighted by atomic mass is 79.9. The number of aryl methyl sites for hydroxylation is 1. The summed E-state index contributed by atoms with van der Waals surface area (Å²) in [5.74, 6) is -0.0765. The lowest BCUT2D eigenvalue weighted by atomic mass is 10.3. The molecule has 6 nitrogen and oxygen atoms in total. The van der Waals surface area contributed by atoms with Crippen LogP contribution in [0.4, 0.5) is 5.69 Å². The molecule has 0 radical (unpaired) electrons. The van der Waals surface area contributed by atoms with E-state index in [9.17, 15) is 4.79 Å². The summed E-state index contributed by atoms with van der Waals surface area (Å²) in [6, 6.07) is 1.73. The minimum atomic E-state index is -0.0765. The van der Waals surface area contributed by atoms with Crippen molar-refractivity contribution in [1.82, 2.24) is 19.7 Å². The highest BCUT2D eigenvalue weighted by molar-refractivity contribution is 9.10. The van der Waals surface area contributed by atoms with Crippen molar-refractivity contribution in [2.45, 2.75) is 13.0 Å². The van der Waals surface area contributed by atoms with Gasteiger partial charge in [-0.15, -0.1) is 0 Å². The van der Waals surface area contributed by atoms with Crippen LogP contribution in [0.25, 0.3) is 0 Å². The molecule has 0 fully saturated rings. The number of rotatable bonds is 4. The molecular weight excluding hydrogens is 286 g/mol. The summed E-state index contributed by atoms with van der Waals surface area (Å²) in [5, 5.41) is 6.70. The van der Waals surface area contributed by atoms with Crippen molar-refractivity contribution in [3.05, 3.63) is 35.6 Å². The lowest BCUT2D eigenvalue weighted by Gasteiger charge is -2.06. The smallest absolute Gasteiger partial charge is 0.226 e. The standard InChI is InChI=1S/C10H10BrN5O/c11-8-5-12-3-1-9(8)15-10(17)2-4-16-7-13-6-14-16/h1,3,5-7H,2,4H2,(H,12,15,17). The van der Waals surface area contributed by atoms with Gasteiger partial charge in [0, 0.05) is 18.8 Å². The summed E-state index contributed by atoms with van der Waals surface area (Å²) < 4.78 is 2.37. The van der Waals surface area contributed by atoms with E-state index in [-0.39, 0.29) is 5.91 Å². The van der Waals surface area contributed by atoms with Gasteiger partial charge >= 0.3 is 0 Å². The molecule has 1 N–H and O–H groups in total. The molecule has 2 aromatic rings. The van der Waals surface area contributed by atoms with Crippen molar-refractivity contribution in [2.75, 3.05) is 5.32 Å². The molecule has 2 rings (SSSR count). The predicted molar refractivity (Wildman–Crippen MR) is 65.2 cm³/mol. The minimum Gasteiger partial charge on any atom is -0.325 e. The third-order valence-electron chi connectivity index (χ3n) is 2.08. The molecule has 0 aromatic carbocycles. The largest absolute Gasteiger partial charge is 0.325 e. The van der Waals surface area contributed by atoms with Gasteiger partial charge in [0.05, 0.1) is 16.7 Å². The molecule has 17 heavy (non-hydrogen) atoms. The van der Waals surface area contributed by atoms with Crippen molar-refractivity contribution >= 4 is 27.5 Å². The van der Waals surface area contributed by atoms with Gasteiger partial charge in [0.25, 0.3) is 0 Å². The maximum atomic E-state index is 11.6. The lowest BCUT2D eigenvalue weighted by Crippen LogP contribution is -2.15. The van der Waals surface area contributed by atoms with E-state index < -0.39 is 0 Å². The average molecular weight is 296 g/mol. The Morgan fingerprint density at radius 3 is 3.06 bits per heavy atom. The third-order valence-corrected chi connectivity index (χ3v) is 2.71. The normalized spacial score (nSPS) is 10.2. The number of pyridine rings is 1. The van der Waals surface area contributed by atoms with Crippen LogP contribution < -0.4 is 5.32 Å². The van der Waals surface area contributed by atoms with Crippen molar-refractivity contribution in [3.8, 4) is 0 Å². The molecule has 0 saturated heterocycles. The average Bonchev–Trinajstić information content (AvgIpc) is 2.82. The first-order valence-corrected chi connectivity index (χ1v) is 5.77. The van der Waals surface area contributed by atoms with E-state index >= 15 is 0 Å². The van der Waals surface area contributed by atoms with E-state index in [2.05, 4.69) is 36.3 Å². The van der Waals surface area contributed by atoms with E-state index in [1.54, 1.807) is 29.5 Å². The van der Waals surface area contributed by atoms with Crippen molar-refractivity contribution in [2.24, 2.45) is 0 Å². The van der Waals surface area contributed by atoms with Gasteiger partial charge < -0.3 is 5.32 Å². The fourth-order valence-electron chi connectivity index (χ4n) is 1.25. The van der Waals surface area contributed by atoms with Crippen LogP contribution in [-0.2, 0) is 11.3 Å². The van der Waals surface area contributed by atoms with Crippen molar-refractivity contribution in [3.63, 3.8) is 0 Å². The van der Waals surface area contributed by atoms with E-state index in [0.717, 1.165) is 4.47 Å². The SMILES string of the molecule is O=C(CCn1cncn1)Nc1ccncc1Br. The second kappa shape index (κ2) is 5.53. The number of nitrogens with zero attached hydrogens (tertiary/aromatic N) is 4. The Labute approximate surface area is 106 Å². The Balaban J connectivity index is 1.87. The Hall–Kier alpha value is -1.76. The maximum Gasteiger partial charge on any atom is 0.226 e. The Kier molecular flexibility index (Phi) is 3.81. The van der Waals surface area contributed by atoms with Crippen LogP contribution in [0.1, 0.15) is 6.42 Å². The summed E-state index contributed by atoms with van der Waals surface area (Å²) >= 11 is 3.31. The fraction of sp³-hybridized carbons (Fsp3) is 0.200. The number of anilines is 1. The number of hydrogen-bond donors (Lipinski definition) is 1. The van der Waals surface area contributed by atoms with Gasteiger partial charge in [0.2, 0.25) is 5.91 Å². The van der Waals surface area contributed by atoms with Gasteiger partial charge in [0.1, 0.15) is 12.7 Å². The molecule has 0 aliphatic heterocycles.